The van der Waals surface area contributed by atoms with Gasteiger partial charge in [0.05, 0.1) is 6.61 Å². The van der Waals surface area contributed by atoms with Gasteiger partial charge in [0.2, 0.25) is 11.8 Å². The Morgan fingerprint density at radius 2 is 1.74 bits per heavy atom. The number of ether oxygens (including phenoxy) is 1. The Kier molecular flexibility index (Phi) is 6.08. The molecule has 8 heteroatoms. The number of benzene rings is 1. The number of likely N-dealkylation sites (tertiary alicyclic amines) is 1. The number of aromatic nitrogens is 1. The summed E-state index contributed by atoms with van der Waals surface area (Å²) in [6.07, 6.45) is 6.29. The minimum Gasteiger partial charge on any atom is -0.353 e. The molecule has 2 saturated heterocycles. The number of nitrogens with zero attached hydrogens (tertiary/aromatic N) is 3. The minimum atomic E-state index is -0.888. The van der Waals surface area contributed by atoms with Crippen molar-refractivity contribution in [3.63, 3.8) is 0 Å². The summed E-state index contributed by atoms with van der Waals surface area (Å²) in [4.78, 5) is 47.1. The highest BCUT2D eigenvalue weighted by molar-refractivity contribution is 5.98. The number of carbonyl (C=O) groups is 3. The van der Waals surface area contributed by atoms with Crippen LogP contribution in [0.4, 0.5) is 0 Å². The van der Waals surface area contributed by atoms with Gasteiger partial charge in [0.1, 0.15) is 11.8 Å². The summed E-state index contributed by atoms with van der Waals surface area (Å²) >= 11 is 0. The molecule has 1 spiro atoms. The molecule has 1 unspecified atom stereocenters. The number of piperidine rings is 1. The van der Waals surface area contributed by atoms with Gasteiger partial charge in [0.15, 0.2) is 0 Å². The second-order valence-electron chi connectivity index (χ2n) is 9.49. The van der Waals surface area contributed by atoms with Crippen molar-refractivity contribution in [2.45, 2.75) is 50.9 Å². The number of pyridine rings is 1. The molecule has 1 saturated carbocycles. The van der Waals surface area contributed by atoms with Crippen LogP contribution in [0.1, 0.15) is 47.2 Å². The van der Waals surface area contributed by atoms with Gasteiger partial charge in [-0.15, -0.1) is 0 Å². The molecule has 2 aliphatic heterocycles. The maximum Gasteiger partial charge on any atom is 0.256 e. The predicted molar refractivity (Wildman–Crippen MR) is 124 cm³/mol. The van der Waals surface area contributed by atoms with Gasteiger partial charge in [-0.3, -0.25) is 24.3 Å². The fourth-order valence-corrected chi connectivity index (χ4v) is 4.87. The number of nitrogens with one attached hydrogen (secondary N) is 1. The van der Waals surface area contributed by atoms with Gasteiger partial charge in [-0.05, 0) is 49.6 Å². The van der Waals surface area contributed by atoms with E-state index in [1.54, 1.807) is 29.4 Å². The van der Waals surface area contributed by atoms with Crippen LogP contribution in [0.3, 0.4) is 0 Å². The van der Waals surface area contributed by atoms with Crippen molar-refractivity contribution < 1.29 is 19.1 Å². The summed E-state index contributed by atoms with van der Waals surface area (Å²) in [5, 5.41) is 2.95. The van der Waals surface area contributed by atoms with E-state index in [-0.39, 0.29) is 30.2 Å². The van der Waals surface area contributed by atoms with Gasteiger partial charge in [-0.25, -0.2) is 0 Å². The quantitative estimate of drug-likeness (QED) is 0.736. The Labute approximate surface area is 199 Å². The number of aryl methyl sites for hydroxylation is 1. The number of hydrogen-bond acceptors (Lipinski definition) is 5. The van der Waals surface area contributed by atoms with Crippen LogP contribution in [0.2, 0.25) is 0 Å². The van der Waals surface area contributed by atoms with Crippen molar-refractivity contribution in [3.8, 4) is 0 Å². The highest BCUT2D eigenvalue weighted by Gasteiger charge is 2.54. The molecule has 3 heterocycles. The van der Waals surface area contributed by atoms with Crippen LogP contribution in [-0.2, 0) is 20.9 Å². The molecule has 1 aromatic heterocycles. The molecule has 1 atom stereocenters. The SMILES string of the molecule is Cc1ccc(C(=O)N2C(C(=O)NCc3ccncc3)COC23CCN(C(=O)C2CC2)CC3)cc1. The predicted octanol–water partition coefficient (Wildman–Crippen LogP) is 2.28. The highest BCUT2D eigenvalue weighted by Crippen LogP contribution is 2.40. The van der Waals surface area contributed by atoms with Crippen LogP contribution >= 0.6 is 0 Å². The standard InChI is InChI=1S/C26H30N4O4/c1-18-2-4-21(5-3-18)25(33)30-22(23(31)28-16-19-8-12-27-13-9-19)17-34-26(30)10-14-29(15-11-26)24(32)20-6-7-20/h2-5,8-9,12-13,20,22H,6-7,10-11,14-17H2,1H3,(H,28,31). The van der Waals surface area contributed by atoms with Gasteiger partial charge in [0.25, 0.3) is 5.91 Å². The molecule has 0 radical (unpaired) electrons. The highest BCUT2D eigenvalue weighted by atomic mass is 16.5. The number of rotatable bonds is 5. The molecule has 8 nitrogen and oxygen atoms in total. The van der Waals surface area contributed by atoms with Gasteiger partial charge in [-0.1, -0.05) is 17.7 Å². The molecule has 34 heavy (non-hydrogen) atoms. The maximum absolute atomic E-state index is 13.7. The Hall–Kier alpha value is -3.26. The fourth-order valence-electron chi connectivity index (χ4n) is 4.87. The summed E-state index contributed by atoms with van der Waals surface area (Å²) in [5.41, 5.74) is 1.63. The monoisotopic (exact) mass is 462 g/mol. The van der Waals surface area contributed by atoms with E-state index in [0.717, 1.165) is 24.0 Å². The number of hydrogen-bond donors (Lipinski definition) is 1. The van der Waals surface area contributed by atoms with Crippen LogP contribution in [0.15, 0.2) is 48.8 Å². The van der Waals surface area contributed by atoms with Gasteiger partial charge in [-0.2, -0.15) is 0 Å². The van der Waals surface area contributed by atoms with Crippen LogP contribution in [-0.4, -0.2) is 64.0 Å². The van der Waals surface area contributed by atoms with E-state index in [1.165, 1.54) is 0 Å². The second kappa shape index (κ2) is 9.18. The van der Waals surface area contributed by atoms with Gasteiger partial charge in [0, 0.05) is 56.4 Å². The maximum atomic E-state index is 13.7. The van der Waals surface area contributed by atoms with Crippen LogP contribution in [0.25, 0.3) is 0 Å². The van der Waals surface area contributed by atoms with Crippen molar-refractivity contribution >= 4 is 17.7 Å². The zero-order chi connectivity index (χ0) is 23.7. The summed E-state index contributed by atoms with van der Waals surface area (Å²) in [5.74, 6) is -0.0966. The molecule has 5 rings (SSSR count). The first kappa shape index (κ1) is 22.5. The lowest BCUT2D eigenvalue weighted by molar-refractivity contribution is -0.144. The third-order valence-corrected chi connectivity index (χ3v) is 7.08. The van der Waals surface area contributed by atoms with Crippen LogP contribution in [0, 0.1) is 12.8 Å². The molecule has 3 aliphatic rings. The summed E-state index contributed by atoms with van der Waals surface area (Å²) in [6, 6.07) is 10.3. The van der Waals surface area contributed by atoms with E-state index in [2.05, 4.69) is 10.3 Å². The lowest BCUT2D eigenvalue weighted by Gasteiger charge is -2.44. The summed E-state index contributed by atoms with van der Waals surface area (Å²) in [7, 11) is 0. The Morgan fingerprint density at radius 1 is 1.06 bits per heavy atom. The van der Waals surface area contributed by atoms with E-state index in [1.807, 2.05) is 36.1 Å². The lowest BCUT2D eigenvalue weighted by Crippen LogP contribution is -2.59. The van der Waals surface area contributed by atoms with Gasteiger partial charge < -0.3 is 15.0 Å². The second-order valence-corrected chi connectivity index (χ2v) is 9.49. The van der Waals surface area contributed by atoms with Crippen molar-refractivity contribution in [2.75, 3.05) is 19.7 Å². The molecule has 1 aliphatic carbocycles. The topological polar surface area (TPSA) is 91.8 Å². The molecule has 3 fully saturated rings. The molecule has 1 N–H and O–H groups in total. The van der Waals surface area contributed by atoms with E-state index in [9.17, 15) is 14.4 Å². The number of amides is 3. The first-order valence-corrected chi connectivity index (χ1v) is 12.0. The normalized spacial score (nSPS) is 21.5. The Balaban J connectivity index is 1.36. The zero-order valence-corrected chi connectivity index (χ0v) is 19.4. The Bertz CT molecular complexity index is 1060. The van der Waals surface area contributed by atoms with Crippen LogP contribution < -0.4 is 5.32 Å². The molecular formula is C26H30N4O4. The molecular weight excluding hydrogens is 432 g/mol. The zero-order valence-electron chi connectivity index (χ0n) is 19.4. The number of carbonyl (C=O) groups excluding carboxylic acids is 3. The minimum absolute atomic E-state index is 0.135. The molecule has 3 amide bonds. The molecule has 178 valence electrons. The Morgan fingerprint density at radius 3 is 2.38 bits per heavy atom. The van der Waals surface area contributed by atoms with Crippen molar-refractivity contribution in [3.05, 3.63) is 65.5 Å². The third-order valence-electron chi connectivity index (χ3n) is 7.08. The molecule has 2 aromatic rings. The van der Waals surface area contributed by atoms with Crippen molar-refractivity contribution in [2.24, 2.45) is 5.92 Å². The molecule has 0 bridgehead atoms. The van der Waals surface area contributed by atoms with E-state index in [0.29, 0.717) is 38.0 Å². The van der Waals surface area contributed by atoms with Gasteiger partial charge >= 0.3 is 0 Å². The van der Waals surface area contributed by atoms with E-state index >= 15 is 0 Å². The average Bonchev–Trinajstić information content (AvgIpc) is 3.66. The third kappa shape index (κ3) is 4.42. The first-order valence-electron chi connectivity index (χ1n) is 12.0. The smallest absolute Gasteiger partial charge is 0.256 e. The van der Waals surface area contributed by atoms with Crippen molar-refractivity contribution in [1.29, 1.82) is 0 Å². The summed E-state index contributed by atoms with van der Waals surface area (Å²) < 4.78 is 6.25. The van der Waals surface area contributed by atoms with E-state index < -0.39 is 11.8 Å². The molecule has 1 aromatic carbocycles. The average molecular weight is 463 g/mol. The largest absolute Gasteiger partial charge is 0.353 e. The fraction of sp³-hybridized carbons (Fsp3) is 0.462. The summed E-state index contributed by atoms with van der Waals surface area (Å²) in [6.45, 7) is 3.50. The van der Waals surface area contributed by atoms with Crippen molar-refractivity contribution in [1.82, 2.24) is 20.1 Å². The van der Waals surface area contributed by atoms with E-state index in [4.69, 9.17) is 4.74 Å². The lowest BCUT2D eigenvalue weighted by atomic mass is 9.96. The van der Waals surface area contributed by atoms with Crippen LogP contribution in [0.5, 0.6) is 0 Å². The first-order chi connectivity index (χ1) is 16.5.